The van der Waals surface area contributed by atoms with Crippen LogP contribution >= 0.6 is 0 Å². The second-order valence-corrected chi connectivity index (χ2v) is 8.33. The van der Waals surface area contributed by atoms with Gasteiger partial charge in [-0.3, -0.25) is 9.98 Å². The molecule has 0 aliphatic carbocycles. The van der Waals surface area contributed by atoms with E-state index in [0.29, 0.717) is 18.4 Å². The van der Waals surface area contributed by atoms with Gasteiger partial charge in [-0.05, 0) is 41.0 Å². The van der Waals surface area contributed by atoms with Crippen LogP contribution in [-0.4, -0.2) is 39.8 Å². The van der Waals surface area contributed by atoms with E-state index in [0.717, 1.165) is 16.7 Å². The van der Waals surface area contributed by atoms with Crippen molar-refractivity contribution in [3.63, 3.8) is 0 Å². The smallest absolute Gasteiger partial charge is 0.124 e. The summed E-state index contributed by atoms with van der Waals surface area (Å²) in [4.78, 5) is 9.74. The maximum atomic E-state index is 10.4. The zero-order chi connectivity index (χ0) is 24.5. The van der Waals surface area contributed by atoms with Gasteiger partial charge >= 0.3 is 0 Å². The predicted octanol–water partition coefficient (Wildman–Crippen LogP) is 5.56. The van der Waals surface area contributed by atoms with Crippen molar-refractivity contribution < 1.29 is 15.3 Å². The average Bonchev–Trinajstić information content (AvgIpc) is 2.88. The minimum absolute atomic E-state index is 0.141. The van der Waals surface area contributed by atoms with Crippen molar-refractivity contribution >= 4 is 12.4 Å². The summed E-state index contributed by atoms with van der Waals surface area (Å²) < 4.78 is 0. The normalized spacial score (nSPS) is 13.3. The lowest BCUT2D eigenvalue weighted by Gasteiger charge is -2.22. The van der Waals surface area contributed by atoms with Crippen LogP contribution in [-0.2, 0) is 12.8 Å². The maximum Gasteiger partial charge on any atom is 0.124 e. The summed E-state index contributed by atoms with van der Waals surface area (Å²) in [7, 11) is 0. The molecule has 0 radical (unpaired) electrons. The first kappa shape index (κ1) is 23.8. The highest BCUT2D eigenvalue weighted by Crippen LogP contribution is 2.25. The molecule has 0 saturated carbocycles. The second kappa shape index (κ2) is 11.7. The number of hydrogen-bond acceptors (Lipinski definition) is 5. The Balaban J connectivity index is 1.73. The zero-order valence-corrected chi connectivity index (χ0v) is 19.3. The molecule has 0 saturated heterocycles. The highest BCUT2D eigenvalue weighted by molar-refractivity contribution is 5.83. The molecule has 0 aliphatic heterocycles. The van der Waals surface area contributed by atoms with Crippen LogP contribution in [0.3, 0.4) is 0 Å². The van der Waals surface area contributed by atoms with E-state index >= 15 is 0 Å². The van der Waals surface area contributed by atoms with Crippen molar-refractivity contribution in [2.75, 3.05) is 0 Å². The molecule has 176 valence electrons. The molecule has 5 nitrogen and oxygen atoms in total. The Morgan fingerprint density at radius 1 is 0.514 bits per heavy atom. The van der Waals surface area contributed by atoms with Crippen LogP contribution in [0.15, 0.2) is 113 Å². The zero-order valence-electron chi connectivity index (χ0n) is 19.3. The van der Waals surface area contributed by atoms with E-state index in [1.165, 1.54) is 0 Å². The molecular weight excluding hydrogens is 436 g/mol. The summed E-state index contributed by atoms with van der Waals surface area (Å²) in [5.41, 5.74) is 3.08. The highest BCUT2D eigenvalue weighted by atomic mass is 16.3. The predicted molar refractivity (Wildman–Crippen MR) is 141 cm³/mol. The largest absolute Gasteiger partial charge is 0.508 e. The van der Waals surface area contributed by atoms with Crippen LogP contribution in [0, 0.1) is 0 Å². The van der Waals surface area contributed by atoms with Crippen LogP contribution in [0.2, 0.25) is 0 Å². The van der Waals surface area contributed by atoms with Crippen molar-refractivity contribution in [1.82, 2.24) is 0 Å². The molecule has 0 aliphatic rings. The quantitative estimate of drug-likeness (QED) is 0.283. The van der Waals surface area contributed by atoms with Crippen molar-refractivity contribution in [3.05, 3.63) is 125 Å². The third-order valence-electron chi connectivity index (χ3n) is 5.84. The number of rotatable bonds is 9. The summed E-state index contributed by atoms with van der Waals surface area (Å²) >= 11 is 0. The monoisotopic (exact) mass is 464 g/mol. The van der Waals surface area contributed by atoms with Gasteiger partial charge in [0.15, 0.2) is 0 Å². The lowest BCUT2D eigenvalue weighted by Crippen LogP contribution is -2.28. The molecule has 0 heterocycles. The average molecular weight is 465 g/mol. The van der Waals surface area contributed by atoms with Crippen molar-refractivity contribution in [2.24, 2.45) is 9.98 Å². The molecular formula is C30H28N2O3. The SMILES string of the molecule is Oc1ccccc1C=NC(Cc1ccccc1O)C(Cc1ccccc1O)N=Cc1ccccc1. The Hall–Kier alpha value is -4.38. The Morgan fingerprint density at radius 2 is 0.971 bits per heavy atom. The number of para-hydroxylation sites is 3. The van der Waals surface area contributed by atoms with E-state index in [9.17, 15) is 15.3 Å². The summed E-state index contributed by atoms with van der Waals surface area (Å²) in [5, 5.41) is 31.1. The molecule has 4 rings (SSSR count). The van der Waals surface area contributed by atoms with E-state index < -0.39 is 0 Å². The molecule has 0 bridgehead atoms. The van der Waals surface area contributed by atoms with Crippen molar-refractivity contribution in [3.8, 4) is 17.2 Å². The lowest BCUT2D eigenvalue weighted by atomic mass is 9.94. The van der Waals surface area contributed by atoms with Crippen molar-refractivity contribution in [2.45, 2.75) is 24.9 Å². The maximum absolute atomic E-state index is 10.4. The highest BCUT2D eigenvalue weighted by Gasteiger charge is 2.23. The molecule has 35 heavy (non-hydrogen) atoms. The number of nitrogens with zero attached hydrogens (tertiary/aromatic N) is 2. The Kier molecular flexibility index (Phi) is 7.92. The number of hydrogen-bond donors (Lipinski definition) is 3. The van der Waals surface area contributed by atoms with Gasteiger partial charge in [-0.25, -0.2) is 0 Å². The molecule has 4 aromatic rings. The fourth-order valence-electron chi connectivity index (χ4n) is 3.89. The van der Waals surface area contributed by atoms with Gasteiger partial charge < -0.3 is 15.3 Å². The van der Waals surface area contributed by atoms with Gasteiger partial charge in [-0.15, -0.1) is 0 Å². The fourth-order valence-corrected chi connectivity index (χ4v) is 3.89. The summed E-state index contributed by atoms with van der Waals surface area (Å²) in [6.45, 7) is 0. The van der Waals surface area contributed by atoms with Gasteiger partial charge in [0, 0.05) is 30.8 Å². The van der Waals surface area contributed by atoms with Crippen LogP contribution in [0.5, 0.6) is 17.2 Å². The first-order valence-corrected chi connectivity index (χ1v) is 11.5. The van der Waals surface area contributed by atoms with E-state index in [-0.39, 0.29) is 29.3 Å². The van der Waals surface area contributed by atoms with Crippen LogP contribution in [0.25, 0.3) is 0 Å². The molecule has 0 spiro atoms. The Morgan fingerprint density at radius 3 is 1.51 bits per heavy atom. The molecule has 2 atom stereocenters. The van der Waals surface area contributed by atoms with Crippen LogP contribution in [0.1, 0.15) is 22.3 Å². The molecule has 3 N–H and O–H groups in total. The van der Waals surface area contributed by atoms with E-state index in [1.807, 2.05) is 66.9 Å². The minimum Gasteiger partial charge on any atom is -0.508 e. The van der Waals surface area contributed by atoms with Crippen LogP contribution < -0.4 is 0 Å². The first-order valence-electron chi connectivity index (χ1n) is 11.5. The van der Waals surface area contributed by atoms with Gasteiger partial charge in [0.25, 0.3) is 0 Å². The third kappa shape index (κ3) is 6.58. The van der Waals surface area contributed by atoms with Gasteiger partial charge in [0.05, 0.1) is 12.1 Å². The Labute approximate surface area is 205 Å². The van der Waals surface area contributed by atoms with Crippen molar-refractivity contribution in [1.29, 1.82) is 0 Å². The number of benzene rings is 4. The lowest BCUT2D eigenvalue weighted by molar-refractivity contribution is 0.448. The number of phenols is 3. The van der Waals surface area contributed by atoms with Crippen LogP contribution in [0.4, 0.5) is 0 Å². The standard InChI is InChI=1S/C30H28N2O3/c33-28-15-7-4-12-23(28)18-26(31-20-22-10-2-1-3-11-22)27(19-24-13-5-8-16-29(24)34)32-21-25-14-6-9-17-30(25)35/h1-17,20-21,26-27,33-35H,18-19H2. The number of phenolic OH excluding ortho intramolecular Hbond substituents is 3. The number of aliphatic imine (C=N–C) groups is 2. The molecule has 5 heteroatoms. The molecule has 0 fully saturated rings. The Bertz CT molecular complexity index is 1300. The van der Waals surface area contributed by atoms with Gasteiger partial charge in [0.2, 0.25) is 0 Å². The summed E-state index contributed by atoms with van der Waals surface area (Å²) in [6, 6.07) is 30.5. The second-order valence-electron chi connectivity index (χ2n) is 8.33. The van der Waals surface area contributed by atoms with Gasteiger partial charge in [0.1, 0.15) is 17.2 Å². The first-order chi connectivity index (χ1) is 17.1. The van der Waals surface area contributed by atoms with Gasteiger partial charge in [-0.2, -0.15) is 0 Å². The van der Waals surface area contributed by atoms with E-state index in [2.05, 4.69) is 0 Å². The molecule has 0 aromatic heterocycles. The fraction of sp³-hybridized carbons (Fsp3) is 0.133. The molecule has 0 amide bonds. The summed E-state index contributed by atoms with van der Waals surface area (Å²) in [5.74, 6) is 0.546. The molecule has 2 unspecified atom stereocenters. The topological polar surface area (TPSA) is 85.4 Å². The number of aromatic hydroxyl groups is 3. The third-order valence-corrected chi connectivity index (χ3v) is 5.84. The summed E-state index contributed by atoms with van der Waals surface area (Å²) in [6.07, 6.45) is 4.35. The van der Waals surface area contributed by atoms with E-state index in [4.69, 9.17) is 9.98 Å². The molecule has 4 aromatic carbocycles. The van der Waals surface area contributed by atoms with Gasteiger partial charge in [-0.1, -0.05) is 78.9 Å². The minimum atomic E-state index is -0.373. The van der Waals surface area contributed by atoms with E-state index in [1.54, 1.807) is 48.7 Å².